The number of hydrogen-bond donors (Lipinski definition) is 2. The Hall–Kier alpha value is -4.81. The summed E-state index contributed by atoms with van der Waals surface area (Å²) in [6.45, 7) is 1.23. The lowest BCUT2D eigenvalue weighted by atomic mass is 9.98. The zero-order valence-electron chi connectivity index (χ0n) is 21.4. The van der Waals surface area contributed by atoms with Crippen LogP contribution in [0.4, 0.5) is 17.1 Å². The van der Waals surface area contributed by atoms with Crippen molar-refractivity contribution in [1.82, 2.24) is 4.90 Å². The molecule has 3 aromatic carbocycles. The lowest BCUT2D eigenvalue weighted by molar-refractivity contribution is -0.119. The van der Waals surface area contributed by atoms with E-state index in [9.17, 15) is 14.9 Å². The monoisotopic (exact) mass is 509 g/mol. The number of carbonyl (C=O) groups is 2. The molecule has 2 aliphatic heterocycles. The van der Waals surface area contributed by atoms with Crippen molar-refractivity contribution in [2.24, 2.45) is 0 Å². The molecule has 2 heterocycles. The topological polar surface area (TPSA) is 107 Å². The number of fused-ring (bicyclic) bond motifs is 2. The Labute approximate surface area is 220 Å². The molecule has 0 spiro atoms. The van der Waals surface area contributed by atoms with Crippen LogP contribution in [0, 0.1) is 11.3 Å². The molecule has 0 fully saturated rings. The smallest absolute Gasteiger partial charge is 0.258 e. The first kappa shape index (κ1) is 24.9. The van der Waals surface area contributed by atoms with E-state index < -0.39 is 0 Å². The molecule has 192 valence electrons. The van der Waals surface area contributed by atoms with Crippen molar-refractivity contribution in [3.8, 4) is 17.6 Å². The summed E-state index contributed by atoms with van der Waals surface area (Å²) in [7, 11) is 5.44. The first-order valence-corrected chi connectivity index (χ1v) is 12.1. The lowest BCUT2D eigenvalue weighted by Crippen LogP contribution is -2.34. The highest BCUT2D eigenvalue weighted by molar-refractivity contribution is 6.37. The number of rotatable bonds is 6. The van der Waals surface area contributed by atoms with Gasteiger partial charge in [0.15, 0.2) is 11.5 Å². The van der Waals surface area contributed by atoms with Gasteiger partial charge in [-0.15, -0.1) is 0 Å². The van der Waals surface area contributed by atoms with Gasteiger partial charge in [0.1, 0.15) is 13.2 Å². The largest absolute Gasteiger partial charge is 0.486 e. The molecule has 9 nitrogen and oxygen atoms in total. The van der Waals surface area contributed by atoms with Gasteiger partial charge in [-0.25, -0.2) is 0 Å². The molecule has 0 atom stereocenters. The third kappa shape index (κ3) is 4.90. The Morgan fingerprint density at radius 2 is 1.74 bits per heavy atom. The summed E-state index contributed by atoms with van der Waals surface area (Å²) in [5, 5.41) is 15.6. The molecule has 2 aliphatic rings. The molecule has 0 bridgehead atoms. The number of anilines is 3. The van der Waals surface area contributed by atoms with Crippen molar-refractivity contribution < 1.29 is 19.1 Å². The number of nitrogens with one attached hydrogen (secondary N) is 2. The highest BCUT2D eigenvalue weighted by Gasteiger charge is 2.29. The van der Waals surface area contributed by atoms with Gasteiger partial charge < -0.3 is 29.9 Å². The molecule has 5 rings (SSSR count). The predicted molar refractivity (Wildman–Crippen MR) is 146 cm³/mol. The molecular weight excluding hydrogens is 482 g/mol. The zero-order valence-corrected chi connectivity index (χ0v) is 21.4. The summed E-state index contributed by atoms with van der Waals surface area (Å²) < 4.78 is 11.5. The van der Waals surface area contributed by atoms with Crippen LogP contribution in [0.1, 0.15) is 16.7 Å². The van der Waals surface area contributed by atoms with Crippen LogP contribution in [-0.4, -0.2) is 57.6 Å². The third-order valence-corrected chi connectivity index (χ3v) is 6.32. The van der Waals surface area contributed by atoms with E-state index in [1.54, 1.807) is 30.1 Å². The van der Waals surface area contributed by atoms with Crippen LogP contribution in [-0.2, 0) is 9.59 Å². The average molecular weight is 510 g/mol. The normalized spacial score (nSPS) is 14.9. The summed E-state index contributed by atoms with van der Waals surface area (Å²) in [5.74, 6) is 0.946. The lowest BCUT2D eigenvalue weighted by Gasteiger charge is -2.22. The predicted octanol–water partition coefficient (Wildman–Crippen LogP) is 3.79. The van der Waals surface area contributed by atoms with Crippen molar-refractivity contribution in [1.29, 1.82) is 5.26 Å². The number of nitrogens with zero attached hydrogens (tertiary/aromatic N) is 3. The van der Waals surface area contributed by atoms with Crippen LogP contribution < -0.4 is 25.0 Å². The van der Waals surface area contributed by atoms with Crippen molar-refractivity contribution in [3.05, 3.63) is 77.4 Å². The SMILES string of the molecule is CN(C)CC(=O)N(C)c1ccc(NC(=C2C(=O)Nc3cc(C#N)ccc32)c2ccc3c(c2)OCCO3)cc1. The molecular formula is C29H27N5O4. The molecule has 2 amide bonds. The third-order valence-electron chi connectivity index (χ3n) is 6.32. The first-order chi connectivity index (χ1) is 18.3. The Bertz CT molecular complexity index is 1490. The first-order valence-electron chi connectivity index (χ1n) is 12.1. The van der Waals surface area contributed by atoms with E-state index in [1.807, 2.05) is 61.5 Å². The summed E-state index contributed by atoms with van der Waals surface area (Å²) >= 11 is 0. The van der Waals surface area contributed by atoms with Crippen molar-refractivity contribution in [3.63, 3.8) is 0 Å². The molecule has 0 unspecified atom stereocenters. The molecule has 0 aromatic heterocycles. The molecule has 38 heavy (non-hydrogen) atoms. The van der Waals surface area contributed by atoms with Gasteiger partial charge in [-0.3, -0.25) is 9.59 Å². The molecule has 9 heteroatoms. The van der Waals surface area contributed by atoms with E-state index in [4.69, 9.17) is 9.47 Å². The van der Waals surface area contributed by atoms with Gasteiger partial charge in [0.2, 0.25) is 5.91 Å². The number of carbonyl (C=O) groups excluding carboxylic acids is 2. The molecule has 0 radical (unpaired) electrons. The Kier molecular flexibility index (Phi) is 6.73. The quantitative estimate of drug-likeness (QED) is 0.487. The number of amides is 2. The Morgan fingerprint density at radius 1 is 1.00 bits per heavy atom. The van der Waals surface area contributed by atoms with Crippen molar-refractivity contribution >= 4 is 40.1 Å². The van der Waals surface area contributed by atoms with Crippen LogP contribution in [0.5, 0.6) is 11.5 Å². The van der Waals surface area contributed by atoms with E-state index in [2.05, 4.69) is 16.7 Å². The van der Waals surface area contributed by atoms with Gasteiger partial charge in [-0.2, -0.15) is 5.26 Å². The second-order valence-electron chi connectivity index (χ2n) is 9.30. The molecule has 0 saturated heterocycles. The van der Waals surface area contributed by atoms with E-state index in [-0.39, 0.29) is 11.8 Å². The summed E-state index contributed by atoms with van der Waals surface area (Å²) in [6.07, 6.45) is 0. The standard InChI is InChI=1S/C29H27N5O4/c1-33(2)17-26(35)34(3)21-8-6-20(7-9-21)31-28(19-5-11-24-25(15-19)38-13-12-37-24)27-22-10-4-18(16-30)14-23(22)32-29(27)36/h4-11,14-15,31H,12-13,17H2,1-3H3,(H,32,36). The van der Waals surface area contributed by atoms with Crippen LogP contribution in [0.25, 0.3) is 11.3 Å². The number of hydrogen-bond acceptors (Lipinski definition) is 7. The Balaban J connectivity index is 1.55. The number of benzene rings is 3. The second-order valence-corrected chi connectivity index (χ2v) is 9.30. The van der Waals surface area contributed by atoms with Gasteiger partial charge in [0, 0.05) is 29.5 Å². The minimum atomic E-state index is -0.280. The maximum Gasteiger partial charge on any atom is 0.258 e. The number of ether oxygens (including phenoxy) is 2. The van der Waals surface area contributed by atoms with Gasteiger partial charge in [0.05, 0.1) is 35.1 Å². The zero-order chi connectivity index (χ0) is 26.8. The van der Waals surface area contributed by atoms with E-state index in [0.29, 0.717) is 59.3 Å². The fourth-order valence-corrected chi connectivity index (χ4v) is 4.40. The molecule has 0 saturated carbocycles. The van der Waals surface area contributed by atoms with Crippen LogP contribution in [0.3, 0.4) is 0 Å². The number of likely N-dealkylation sites (N-methyl/N-ethyl adjacent to an activating group) is 2. The molecule has 3 aromatic rings. The van der Waals surface area contributed by atoms with Crippen molar-refractivity contribution in [2.75, 3.05) is 56.4 Å². The highest BCUT2D eigenvalue weighted by atomic mass is 16.6. The van der Waals surface area contributed by atoms with Gasteiger partial charge in [-0.05, 0) is 68.7 Å². The fraction of sp³-hybridized carbons (Fsp3) is 0.207. The van der Waals surface area contributed by atoms with Crippen LogP contribution in [0.2, 0.25) is 0 Å². The van der Waals surface area contributed by atoms with E-state index >= 15 is 0 Å². The maximum absolute atomic E-state index is 13.2. The van der Waals surface area contributed by atoms with E-state index in [0.717, 1.165) is 16.9 Å². The van der Waals surface area contributed by atoms with Gasteiger partial charge in [0.25, 0.3) is 5.91 Å². The maximum atomic E-state index is 13.2. The van der Waals surface area contributed by atoms with Gasteiger partial charge in [-0.1, -0.05) is 6.07 Å². The summed E-state index contributed by atoms with van der Waals surface area (Å²) in [5.41, 5.74) is 4.98. The Morgan fingerprint density at radius 3 is 2.45 bits per heavy atom. The number of nitriles is 1. The average Bonchev–Trinajstić information content (AvgIpc) is 3.25. The minimum absolute atomic E-state index is 0.0224. The summed E-state index contributed by atoms with van der Waals surface area (Å²) in [4.78, 5) is 29.1. The van der Waals surface area contributed by atoms with Gasteiger partial charge >= 0.3 is 0 Å². The van der Waals surface area contributed by atoms with Crippen LogP contribution in [0.15, 0.2) is 60.7 Å². The van der Waals surface area contributed by atoms with E-state index in [1.165, 1.54) is 0 Å². The van der Waals surface area contributed by atoms with Crippen LogP contribution >= 0.6 is 0 Å². The highest BCUT2D eigenvalue weighted by Crippen LogP contribution is 2.40. The minimum Gasteiger partial charge on any atom is -0.486 e. The fourth-order valence-electron chi connectivity index (χ4n) is 4.40. The molecule has 2 N–H and O–H groups in total. The molecule has 0 aliphatic carbocycles. The van der Waals surface area contributed by atoms with Crippen molar-refractivity contribution in [2.45, 2.75) is 0 Å². The summed E-state index contributed by atoms with van der Waals surface area (Å²) in [6, 6.07) is 20.2. The second kappa shape index (κ2) is 10.3.